The van der Waals surface area contributed by atoms with E-state index >= 15 is 0 Å². The van der Waals surface area contributed by atoms with Crippen molar-refractivity contribution in [3.05, 3.63) is 65.5 Å². The molecule has 0 radical (unpaired) electrons. The largest absolute Gasteiger partial charge is 0.486 e. The number of halogens is 2. The molecule has 0 aliphatic carbocycles. The number of nitrogens with zero attached hydrogens (tertiary/aromatic N) is 3. The zero-order valence-corrected chi connectivity index (χ0v) is 16.8. The smallest absolute Gasteiger partial charge is 0.234 e. The molecular formula is C20H20F2N4O2S. The Morgan fingerprint density at radius 2 is 2.03 bits per heavy atom. The summed E-state index contributed by atoms with van der Waals surface area (Å²) in [6.07, 6.45) is 0. The lowest BCUT2D eigenvalue weighted by molar-refractivity contribution is -0.113. The van der Waals surface area contributed by atoms with Crippen molar-refractivity contribution < 1.29 is 18.3 Å². The molecular weight excluding hydrogens is 398 g/mol. The van der Waals surface area contributed by atoms with Gasteiger partial charge in [0.1, 0.15) is 24.0 Å². The molecule has 1 aromatic heterocycles. The second kappa shape index (κ2) is 9.51. The van der Waals surface area contributed by atoms with Gasteiger partial charge in [-0.25, -0.2) is 8.78 Å². The summed E-state index contributed by atoms with van der Waals surface area (Å²) >= 11 is 1.18. The fourth-order valence-corrected chi connectivity index (χ4v) is 3.43. The van der Waals surface area contributed by atoms with Crippen LogP contribution in [0.3, 0.4) is 0 Å². The quantitative estimate of drug-likeness (QED) is 0.556. The number of nitrogens with one attached hydrogen (secondary N) is 1. The summed E-state index contributed by atoms with van der Waals surface area (Å²) in [5.74, 6) is -0.564. The van der Waals surface area contributed by atoms with Gasteiger partial charge in [0.15, 0.2) is 11.0 Å². The summed E-state index contributed by atoms with van der Waals surface area (Å²) in [4.78, 5) is 12.1. The van der Waals surface area contributed by atoms with E-state index in [1.807, 2.05) is 42.7 Å². The highest BCUT2D eigenvalue weighted by atomic mass is 32.2. The van der Waals surface area contributed by atoms with Crippen molar-refractivity contribution in [3.63, 3.8) is 0 Å². The molecule has 0 aliphatic rings. The van der Waals surface area contributed by atoms with Crippen LogP contribution in [0.4, 0.5) is 14.5 Å². The molecule has 0 unspecified atom stereocenters. The van der Waals surface area contributed by atoms with Crippen molar-refractivity contribution in [1.82, 2.24) is 14.8 Å². The van der Waals surface area contributed by atoms with Crippen molar-refractivity contribution >= 4 is 23.4 Å². The summed E-state index contributed by atoms with van der Waals surface area (Å²) in [6.45, 7) is 4.78. The molecule has 29 heavy (non-hydrogen) atoms. The molecule has 1 amide bonds. The molecule has 0 fully saturated rings. The Hall–Kier alpha value is -2.94. The minimum absolute atomic E-state index is 0.00763. The Bertz CT molecular complexity index is 1010. The van der Waals surface area contributed by atoms with Gasteiger partial charge >= 0.3 is 0 Å². The molecule has 0 saturated heterocycles. The molecule has 6 nitrogen and oxygen atoms in total. The fourth-order valence-electron chi connectivity index (χ4n) is 2.61. The van der Waals surface area contributed by atoms with Gasteiger partial charge in [-0.05, 0) is 43.7 Å². The summed E-state index contributed by atoms with van der Waals surface area (Å²) < 4.78 is 34.2. The Balaban J connectivity index is 1.58. The van der Waals surface area contributed by atoms with Gasteiger partial charge in [-0.2, -0.15) is 0 Å². The lowest BCUT2D eigenvalue weighted by Crippen LogP contribution is -2.16. The van der Waals surface area contributed by atoms with Crippen LogP contribution in [-0.4, -0.2) is 26.4 Å². The first-order valence-corrected chi connectivity index (χ1v) is 9.94. The average molecular weight is 418 g/mol. The number of benzene rings is 2. The Kier molecular flexibility index (Phi) is 6.82. The standard InChI is InChI=1S/C20H20F2N4O2S/c1-3-26-18(11-28-15-6-4-5-13(2)9-15)24-25-20(26)29-12-19(27)23-17-8-7-14(21)10-16(17)22/h4-10H,3,11-12H2,1-2H3,(H,23,27). The molecule has 1 heterocycles. The van der Waals surface area contributed by atoms with Crippen LogP contribution in [0.15, 0.2) is 47.6 Å². The summed E-state index contributed by atoms with van der Waals surface area (Å²) in [6, 6.07) is 10.7. The predicted octanol–water partition coefficient (Wildman–Crippen LogP) is 4.19. The van der Waals surface area contributed by atoms with Crippen molar-refractivity contribution in [3.8, 4) is 5.75 Å². The number of thioether (sulfide) groups is 1. The predicted molar refractivity (Wildman–Crippen MR) is 107 cm³/mol. The van der Waals surface area contributed by atoms with E-state index in [0.717, 1.165) is 23.4 Å². The third-order valence-corrected chi connectivity index (χ3v) is 4.97. The summed E-state index contributed by atoms with van der Waals surface area (Å²) in [5.41, 5.74) is 1.03. The first-order valence-electron chi connectivity index (χ1n) is 8.95. The van der Waals surface area contributed by atoms with Gasteiger partial charge in [-0.3, -0.25) is 4.79 Å². The Labute approximate surface area is 171 Å². The van der Waals surface area contributed by atoms with Gasteiger partial charge in [0.05, 0.1) is 11.4 Å². The van der Waals surface area contributed by atoms with Crippen molar-refractivity contribution in [2.45, 2.75) is 32.2 Å². The monoisotopic (exact) mass is 418 g/mol. The number of hydrogen-bond acceptors (Lipinski definition) is 5. The van der Waals surface area contributed by atoms with Gasteiger partial charge < -0.3 is 14.6 Å². The molecule has 3 rings (SSSR count). The van der Waals surface area contributed by atoms with Crippen molar-refractivity contribution in [1.29, 1.82) is 0 Å². The van der Waals surface area contributed by atoms with Gasteiger partial charge in [-0.15, -0.1) is 10.2 Å². The molecule has 2 aromatic carbocycles. The van der Waals surface area contributed by atoms with E-state index in [1.54, 1.807) is 0 Å². The molecule has 3 aromatic rings. The number of ether oxygens (including phenoxy) is 1. The maximum Gasteiger partial charge on any atom is 0.234 e. The first kappa shape index (κ1) is 20.8. The van der Waals surface area contributed by atoms with Gasteiger partial charge in [0, 0.05) is 12.6 Å². The third-order valence-electron chi connectivity index (χ3n) is 4.00. The molecule has 0 spiro atoms. The molecule has 0 aliphatic heterocycles. The van der Waals surface area contributed by atoms with Crippen LogP contribution < -0.4 is 10.1 Å². The van der Waals surface area contributed by atoms with Crippen LogP contribution in [0.2, 0.25) is 0 Å². The highest BCUT2D eigenvalue weighted by Gasteiger charge is 2.15. The fraction of sp³-hybridized carbons (Fsp3) is 0.250. The van der Waals surface area contributed by atoms with Crippen LogP contribution in [0.1, 0.15) is 18.3 Å². The number of hydrogen-bond donors (Lipinski definition) is 1. The van der Waals surface area contributed by atoms with E-state index in [2.05, 4.69) is 15.5 Å². The van der Waals surface area contributed by atoms with Crippen LogP contribution in [0.25, 0.3) is 0 Å². The molecule has 0 atom stereocenters. The Morgan fingerprint density at radius 3 is 2.76 bits per heavy atom. The molecule has 0 bridgehead atoms. The normalized spacial score (nSPS) is 10.8. The van der Waals surface area contributed by atoms with Gasteiger partial charge in [0.25, 0.3) is 0 Å². The number of amides is 1. The molecule has 0 saturated carbocycles. The average Bonchev–Trinajstić information content (AvgIpc) is 3.09. The van der Waals surface area contributed by atoms with Crippen LogP contribution in [0.5, 0.6) is 5.75 Å². The zero-order chi connectivity index (χ0) is 20.8. The third kappa shape index (κ3) is 5.54. The lowest BCUT2D eigenvalue weighted by Gasteiger charge is -2.09. The van der Waals surface area contributed by atoms with Gasteiger partial charge in [-0.1, -0.05) is 23.9 Å². The molecule has 152 valence electrons. The SMILES string of the molecule is CCn1c(COc2cccc(C)c2)nnc1SCC(=O)Nc1ccc(F)cc1F. The molecule has 9 heteroatoms. The topological polar surface area (TPSA) is 69.0 Å². The van der Waals surface area contributed by atoms with Crippen LogP contribution >= 0.6 is 11.8 Å². The van der Waals surface area contributed by atoms with Crippen LogP contribution in [-0.2, 0) is 17.9 Å². The minimum Gasteiger partial charge on any atom is -0.486 e. The summed E-state index contributed by atoms with van der Waals surface area (Å²) in [5, 5.41) is 11.2. The minimum atomic E-state index is -0.823. The number of aromatic nitrogens is 3. The Morgan fingerprint density at radius 1 is 1.21 bits per heavy atom. The maximum atomic E-state index is 13.6. The van der Waals surface area contributed by atoms with E-state index in [4.69, 9.17) is 4.74 Å². The number of carbonyl (C=O) groups is 1. The first-order chi connectivity index (χ1) is 14.0. The number of carbonyl (C=O) groups excluding carboxylic acids is 1. The highest BCUT2D eigenvalue weighted by molar-refractivity contribution is 7.99. The second-order valence-corrected chi connectivity index (χ2v) is 7.15. The van der Waals surface area contributed by atoms with E-state index in [1.165, 1.54) is 17.8 Å². The maximum absolute atomic E-state index is 13.6. The van der Waals surface area contributed by atoms with Crippen molar-refractivity contribution in [2.24, 2.45) is 0 Å². The van der Waals surface area contributed by atoms with Crippen LogP contribution in [0, 0.1) is 18.6 Å². The summed E-state index contributed by atoms with van der Waals surface area (Å²) in [7, 11) is 0. The highest BCUT2D eigenvalue weighted by Crippen LogP contribution is 2.20. The van der Waals surface area contributed by atoms with Crippen molar-refractivity contribution in [2.75, 3.05) is 11.1 Å². The lowest BCUT2D eigenvalue weighted by atomic mass is 10.2. The molecule has 1 N–H and O–H groups in total. The number of anilines is 1. The van der Waals surface area contributed by atoms with Gasteiger partial charge in [0.2, 0.25) is 5.91 Å². The van der Waals surface area contributed by atoms with E-state index in [9.17, 15) is 13.6 Å². The second-order valence-electron chi connectivity index (χ2n) is 6.21. The van der Waals surface area contributed by atoms with E-state index < -0.39 is 17.5 Å². The number of aryl methyl sites for hydroxylation is 1. The number of rotatable bonds is 8. The zero-order valence-electron chi connectivity index (χ0n) is 16.0. The van der Waals surface area contributed by atoms with E-state index in [-0.39, 0.29) is 18.0 Å². The van der Waals surface area contributed by atoms with E-state index in [0.29, 0.717) is 17.5 Å².